The number of hydrogen-bond donors (Lipinski definition) is 2. The molecular formula is C11H18N2O3S. The first-order chi connectivity index (χ1) is 8.01. The fourth-order valence-electron chi connectivity index (χ4n) is 1.23. The lowest BCUT2D eigenvalue weighted by molar-refractivity contribution is 0.317. The van der Waals surface area contributed by atoms with Gasteiger partial charge in [0.1, 0.15) is 5.75 Å². The number of primary sulfonamides is 1. The molecule has 0 aliphatic heterocycles. The summed E-state index contributed by atoms with van der Waals surface area (Å²) in [7, 11) is -3.40. The van der Waals surface area contributed by atoms with Crippen molar-refractivity contribution in [1.82, 2.24) is 0 Å². The Morgan fingerprint density at radius 2 is 1.94 bits per heavy atom. The summed E-state index contributed by atoms with van der Waals surface area (Å²) >= 11 is 0. The maximum atomic E-state index is 10.7. The summed E-state index contributed by atoms with van der Waals surface area (Å²) in [6.07, 6.45) is 0.967. The topological polar surface area (TPSA) is 81.4 Å². The number of ether oxygens (including phenoxy) is 1. The fourth-order valence-corrected chi connectivity index (χ4v) is 1.61. The molecule has 0 fully saturated rings. The third-order valence-electron chi connectivity index (χ3n) is 2.04. The van der Waals surface area contributed by atoms with Crippen LogP contribution in [0.3, 0.4) is 0 Å². The van der Waals surface area contributed by atoms with Crippen LogP contribution in [0.2, 0.25) is 0 Å². The summed E-state index contributed by atoms with van der Waals surface area (Å²) in [6, 6.07) is 7.37. The number of nitrogens with one attached hydrogen (secondary N) is 1. The molecule has 0 spiro atoms. The van der Waals surface area contributed by atoms with Gasteiger partial charge >= 0.3 is 0 Å². The summed E-state index contributed by atoms with van der Waals surface area (Å²) < 4.78 is 26.8. The SMILES string of the molecule is CCCOc1ccc(NCCS(N)(=O)=O)cc1. The molecule has 0 saturated heterocycles. The van der Waals surface area contributed by atoms with Crippen molar-refractivity contribution in [3.05, 3.63) is 24.3 Å². The van der Waals surface area contributed by atoms with Gasteiger partial charge in [-0.3, -0.25) is 0 Å². The first-order valence-corrected chi connectivity index (χ1v) is 7.20. The molecule has 0 saturated carbocycles. The van der Waals surface area contributed by atoms with Crippen LogP contribution >= 0.6 is 0 Å². The Balaban J connectivity index is 2.40. The molecule has 0 aliphatic rings. The predicted octanol–water partition coefficient (Wildman–Crippen LogP) is 1.18. The Hall–Kier alpha value is -1.27. The van der Waals surface area contributed by atoms with Crippen LogP contribution in [0.15, 0.2) is 24.3 Å². The highest BCUT2D eigenvalue weighted by atomic mass is 32.2. The molecule has 17 heavy (non-hydrogen) atoms. The lowest BCUT2D eigenvalue weighted by Crippen LogP contribution is -2.22. The van der Waals surface area contributed by atoms with Gasteiger partial charge in [0.25, 0.3) is 0 Å². The molecule has 6 heteroatoms. The number of benzene rings is 1. The van der Waals surface area contributed by atoms with Gasteiger partial charge in [-0.25, -0.2) is 13.6 Å². The molecule has 0 amide bonds. The van der Waals surface area contributed by atoms with Gasteiger partial charge in [-0.15, -0.1) is 0 Å². The maximum absolute atomic E-state index is 10.7. The Labute approximate surface area is 102 Å². The lowest BCUT2D eigenvalue weighted by Gasteiger charge is -2.07. The van der Waals surface area contributed by atoms with Crippen molar-refractivity contribution in [2.24, 2.45) is 5.14 Å². The van der Waals surface area contributed by atoms with E-state index in [0.717, 1.165) is 17.9 Å². The molecule has 3 N–H and O–H groups in total. The molecule has 1 aromatic carbocycles. The van der Waals surface area contributed by atoms with Crippen LogP contribution in [0.1, 0.15) is 13.3 Å². The second-order valence-electron chi connectivity index (χ2n) is 3.67. The van der Waals surface area contributed by atoms with E-state index in [0.29, 0.717) is 13.2 Å². The van der Waals surface area contributed by atoms with Crippen molar-refractivity contribution in [3.8, 4) is 5.75 Å². The lowest BCUT2D eigenvalue weighted by atomic mass is 10.3. The molecule has 0 aromatic heterocycles. The molecule has 0 heterocycles. The highest BCUT2D eigenvalue weighted by Gasteiger charge is 2.01. The predicted molar refractivity (Wildman–Crippen MR) is 68.7 cm³/mol. The van der Waals surface area contributed by atoms with E-state index in [9.17, 15) is 8.42 Å². The van der Waals surface area contributed by atoms with E-state index in [4.69, 9.17) is 9.88 Å². The second kappa shape index (κ2) is 6.46. The number of sulfonamides is 1. The van der Waals surface area contributed by atoms with Gasteiger partial charge in [-0.05, 0) is 30.7 Å². The zero-order valence-electron chi connectivity index (χ0n) is 9.85. The van der Waals surface area contributed by atoms with E-state index in [-0.39, 0.29) is 5.75 Å². The molecule has 96 valence electrons. The second-order valence-corrected chi connectivity index (χ2v) is 5.40. The van der Waals surface area contributed by atoms with Crippen molar-refractivity contribution in [3.63, 3.8) is 0 Å². The van der Waals surface area contributed by atoms with Crippen LogP contribution in [-0.2, 0) is 10.0 Å². The minimum Gasteiger partial charge on any atom is -0.494 e. The first-order valence-electron chi connectivity index (χ1n) is 5.48. The van der Waals surface area contributed by atoms with Crippen molar-refractivity contribution in [2.45, 2.75) is 13.3 Å². The Morgan fingerprint density at radius 3 is 2.47 bits per heavy atom. The third-order valence-corrected chi connectivity index (χ3v) is 2.82. The summed E-state index contributed by atoms with van der Waals surface area (Å²) in [5, 5.41) is 7.86. The van der Waals surface area contributed by atoms with Gasteiger partial charge in [-0.2, -0.15) is 0 Å². The third kappa shape index (κ3) is 6.13. The summed E-state index contributed by atoms with van der Waals surface area (Å²) in [4.78, 5) is 0. The molecule has 1 aromatic rings. The summed E-state index contributed by atoms with van der Waals surface area (Å²) in [5.41, 5.74) is 0.845. The highest BCUT2D eigenvalue weighted by Crippen LogP contribution is 2.15. The van der Waals surface area contributed by atoms with E-state index in [1.54, 1.807) is 0 Å². The van der Waals surface area contributed by atoms with Gasteiger partial charge in [0.15, 0.2) is 0 Å². The van der Waals surface area contributed by atoms with Gasteiger partial charge in [0.05, 0.1) is 12.4 Å². The Kier molecular flexibility index (Phi) is 5.24. The monoisotopic (exact) mass is 258 g/mol. The molecule has 0 bridgehead atoms. The normalized spacial score (nSPS) is 11.2. The molecule has 0 aliphatic carbocycles. The minimum absolute atomic E-state index is 0.0823. The van der Waals surface area contributed by atoms with Crippen molar-refractivity contribution < 1.29 is 13.2 Å². The van der Waals surface area contributed by atoms with E-state index >= 15 is 0 Å². The van der Waals surface area contributed by atoms with E-state index in [1.165, 1.54) is 0 Å². The summed E-state index contributed by atoms with van der Waals surface area (Å²) in [5.74, 6) is 0.727. The maximum Gasteiger partial charge on any atom is 0.210 e. The molecule has 0 radical (unpaired) electrons. The number of anilines is 1. The Morgan fingerprint density at radius 1 is 1.29 bits per heavy atom. The van der Waals surface area contributed by atoms with Crippen molar-refractivity contribution in [2.75, 3.05) is 24.2 Å². The van der Waals surface area contributed by atoms with Crippen LogP contribution in [0.25, 0.3) is 0 Å². The summed E-state index contributed by atoms with van der Waals surface area (Å²) in [6.45, 7) is 3.04. The Bertz CT molecular complexity index is 429. The largest absolute Gasteiger partial charge is 0.494 e. The molecule has 1 rings (SSSR count). The fraction of sp³-hybridized carbons (Fsp3) is 0.455. The average Bonchev–Trinajstić information content (AvgIpc) is 2.26. The van der Waals surface area contributed by atoms with Crippen LogP contribution in [-0.4, -0.2) is 27.3 Å². The molecular weight excluding hydrogens is 240 g/mol. The minimum atomic E-state index is -3.40. The smallest absolute Gasteiger partial charge is 0.210 e. The van der Waals surface area contributed by atoms with Crippen LogP contribution in [0.5, 0.6) is 5.75 Å². The number of rotatable bonds is 7. The van der Waals surface area contributed by atoms with E-state index in [2.05, 4.69) is 5.32 Å². The average molecular weight is 258 g/mol. The zero-order chi connectivity index (χ0) is 12.7. The van der Waals surface area contributed by atoms with Gasteiger partial charge in [-0.1, -0.05) is 6.92 Å². The molecule has 5 nitrogen and oxygen atoms in total. The number of nitrogens with two attached hydrogens (primary N) is 1. The molecule has 0 atom stereocenters. The van der Waals surface area contributed by atoms with Crippen LogP contribution in [0.4, 0.5) is 5.69 Å². The standard InChI is InChI=1S/C11H18N2O3S/c1-2-8-16-11-5-3-10(4-6-11)13-7-9-17(12,14)15/h3-6,13H,2,7-9H2,1H3,(H2,12,14,15). The number of hydrogen-bond acceptors (Lipinski definition) is 4. The van der Waals surface area contributed by atoms with Gasteiger partial charge < -0.3 is 10.1 Å². The van der Waals surface area contributed by atoms with E-state index in [1.807, 2.05) is 31.2 Å². The van der Waals surface area contributed by atoms with Crippen LogP contribution < -0.4 is 15.2 Å². The zero-order valence-corrected chi connectivity index (χ0v) is 10.7. The van der Waals surface area contributed by atoms with Gasteiger partial charge in [0.2, 0.25) is 10.0 Å². The highest BCUT2D eigenvalue weighted by molar-refractivity contribution is 7.89. The van der Waals surface area contributed by atoms with Gasteiger partial charge in [0, 0.05) is 12.2 Å². The van der Waals surface area contributed by atoms with Crippen LogP contribution in [0, 0.1) is 0 Å². The van der Waals surface area contributed by atoms with E-state index < -0.39 is 10.0 Å². The van der Waals surface area contributed by atoms with Crippen molar-refractivity contribution >= 4 is 15.7 Å². The molecule has 0 unspecified atom stereocenters. The van der Waals surface area contributed by atoms with Crippen molar-refractivity contribution in [1.29, 1.82) is 0 Å². The quantitative estimate of drug-likeness (QED) is 0.769. The first kappa shape index (κ1) is 13.8.